The van der Waals surface area contributed by atoms with Gasteiger partial charge in [-0.15, -0.1) is 5.10 Å². The molecule has 6 heteroatoms. The van der Waals surface area contributed by atoms with Gasteiger partial charge in [0.15, 0.2) is 0 Å². The number of aryl methyl sites for hydroxylation is 1. The molecule has 0 aliphatic carbocycles. The third-order valence-corrected chi connectivity index (χ3v) is 2.86. The third-order valence-electron chi connectivity index (χ3n) is 2.08. The van der Waals surface area contributed by atoms with Crippen molar-refractivity contribution in [1.82, 2.24) is 10.2 Å². The monoisotopic (exact) mass is 264 g/mol. The number of aromatic nitrogens is 2. The van der Waals surface area contributed by atoms with Gasteiger partial charge < -0.3 is 9.47 Å². The predicted octanol–water partition coefficient (Wildman–Crippen LogP) is 2.82. The smallest absolute Gasteiger partial charge is 0.369 e. The van der Waals surface area contributed by atoms with Crippen molar-refractivity contribution in [1.29, 1.82) is 0 Å². The molecule has 0 aliphatic rings. The highest BCUT2D eigenvalue weighted by Gasteiger charge is 2.14. The summed E-state index contributed by atoms with van der Waals surface area (Å²) in [6.45, 7) is 4.04. The molecule has 0 N–H and O–H groups in total. The maximum atomic E-state index is 11.4. The lowest BCUT2D eigenvalue weighted by molar-refractivity contribution is 0.0525. The Morgan fingerprint density at radius 2 is 2.00 bits per heavy atom. The van der Waals surface area contributed by atoms with E-state index in [1.807, 2.05) is 31.2 Å². The highest BCUT2D eigenvalue weighted by Crippen LogP contribution is 2.25. The SMILES string of the molecule is CCOC(=O)c1nnc(Oc2ccc(C)cc2)s1. The number of carbonyl (C=O) groups excluding carboxylic acids is 1. The summed E-state index contributed by atoms with van der Waals surface area (Å²) in [7, 11) is 0. The average molecular weight is 264 g/mol. The van der Waals surface area contributed by atoms with Crippen LogP contribution in [0.5, 0.6) is 10.9 Å². The molecule has 94 valence electrons. The van der Waals surface area contributed by atoms with Gasteiger partial charge in [-0.2, -0.15) is 0 Å². The lowest BCUT2D eigenvalue weighted by Gasteiger charge is -2.00. The van der Waals surface area contributed by atoms with E-state index in [0.29, 0.717) is 17.6 Å². The summed E-state index contributed by atoms with van der Waals surface area (Å²) in [6.07, 6.45) is 0. The number of carbonyl (C=O) groups is 1. The van der Waals surface area contributed by atoms with Crippen LogP contribution in [0.3, 0.4) is 0 Å². The lowest BCUT2D eigenvalue weighted by atomic mass is 10.2. The van der Waals surface area contributed by atoms with Crippen LogP contribution in [0.2, 0.25) is 0 Å². The fraction of sp³-hybridized carbons (Fsp3) is 0.250. The van der Waals surface area contributed by atoms with Crippen molar-refractivity contribution < 1.29 is 14.3 Å². The van der Waals surface area contributed by atoms with Gasteiger partial charge >= 0.3 is 5.97 Å². The van der Waals surface area contributed by atoms with Gasteiger partial charge in [-0.3, -0.25) is 0 Å². The largest absolute Gasteiger partial charge is 0.461 e. The normalized spacial score (nSPS) is 10.1. The maximum absolute atomic E-state index is 11.4. The first-order valence-electron chi connectivity index (χ1n) is 5.44. The Labute approximate surface area is 108 Å². The molecule has 1 aromatic carbocycles. The second kappa shape index (κ2) is 5.59. The van der Waals surface area contributed by atoms with Crippen LogP contribution in [0.25, 0.3) is 0 Å². The van der Waals surface area contributed by atoms with E-state index >= 15 is 0 Å². The van der Waals surface area contributed by atoms with E-state index in [0.717, 1.165) is 16.9 Å². The van der Waals surface area contributed by atoms with Crippen LogP contribution in [0.4, 0.5) is 0 Å². The molecule has 0 amide bonds. The molecule has 2 aromatic rings. The summed E-state index contributed by atoms with van der Waals surface area (Å²) < 4.78 is 10.3. The fourth-order valence-corrected chi connectivity index (χ4v) is 1.84. The van der Waals surface area contributed by atoms with Crippen molar-refractivity contribution >= 4 is 17.3 Å². The summed E-state index contributed by atoms with van der Waals surface area (Å²) in [6, 6.07) is 7.53. The fourth-order valence-electron chi connectivity index (χ4n) is 1.23. The Morgan fingerprint density at radius 1 is 1.28 bits per heavy atom. The molecule has 0 saturated carbocycles. The van der Waals surface area contributed by atoms with Crippen LogP contribution < -0.4 is 4.74 Å². The molecule has 0 saturated heterocycles. The highest BCUT2D eigenvalue weighted by molar-refractivity contribution is 7.14. The molecule has 0 bridgehead atoms. The molecule has 5 nitrogen and oxygen atoms in total. The number of esters is 1. The van der Waals surface area contributed by atoms with E-state index in [9.17, 15) is 4.79 Å². The zero-order valence-electron chi connectivity index (χ0n) is 10.0. The van der Waals surface area contributed by atoms with Gasteiger partial charge in [-0.25, -0.2) is 4.79 Å². The Hall–Kier alpha value is -1.95. The molecule has 0 aliphatic heterocycles. The van der Waals surface area contributed by atoms with E-state index in [4.69, 9.17) is 9.47 Å². The average Bonchev–Trinajstić information content (AvgIpc) is 2.81. The van der Waals surface area contributed by atoms with E-state index in [1.165, 1.54) is 0 Å². The minimum Gasteiger partial charge on any atom is -0.461 e. The number of ether oxygens (including phenoxy) is 2. The molecule has 0 spiro atoms. The summed E-state index contributed by atoms with van der Waals surface area (Å²) >= 11 is 1.06. The second-order valence-electron chi connectivity index (χ2n) is 3.51. The van der Waals surface area contributed by atoms with Crippen molar-refractivity contribution in [2.75, 3.05) is 6.61 Å². The molecule has 0 atom stereocenters. The standard InChI is InChI=1S/C12H12N2O3S/c1-3-16-11(15)10-13-14-12(18-10)17-9-6-4-8(2)5-7-9/h4-7H,3H2,1-2H3. The van der Waals surface area contributed by atoms with Gasteiger partial charge in [0, 0.05) is 0 Å². The lowest BCUT2D eigenvalue weighted by Crippen LogP contribution is -2.03. The first-order valence-corrected chi connectivity index (χ1v) is 6.26. The van der Waals surface area contributed by atoms with Crippen molar-refractivity contribution in [3.63, 3.8) is 0 Å². The Balaban J connectivity index is 2.06. The van der Waals surface area contributed by atoms with Crippen LogP contribution in [-0.4, -0.2) is 22.8 Å². The Bertz CT molecular complexity index is 537. The number of hydrogen-bond acceptors (Lipinski definition) is 6. The van der Waals surface area contributed by atoms with Crippen LogP contribution in [0.15, 0.2) is 24.3 Å². The molecule has 2 rings (SSSR count). The first-order chi connectivity index (χ1) is 8.69. The predicted molar refractivity (Wildman–Crippen MR) is 67.1 cm³/mol. The Kier molecular flexibility index (Phi) is 3.88. The number of hydrogen-bond donors (Lipinski definition) is 0. The van der Waals surface area contributed by atoms with Gasteiger partial charge in [-0.1, -0.05) is 22.8 Å². The highest BCUT2D eigenvalue weighted by atomic mass is 32.1. The number of benzene rings is 1. The molecular formula is C12H12N2O3S. The zero-order valence-corrected chi connectivity index (χ0v) is 10.9. The van der Waals surface area contributed by atoms with E-state index in [-0.39, 0.29) is 5.01 Å². The van der Waals surface area contributed by atoms with Crippen molar-refractivity contribution in [2.24, 2.45) is 0 Å². The molecular weight excluding hydrogens is 252 g/mol. The van der Waals surface area contributed by atoms with Gasteiger partial charge in [0.25, 0.3) is 5.19 Å². The van der Waals surface area contributed by atoms with Crippen molar-refractivity contribution in [3.8, 4) is 10.9 Å². The summed E-state index contributed by atoms with van der Waals surface area (Å²) in [5.74, 6) is 0.181. The molecule has 1 heterocycles. The quantitative estimate of drug-likeness (QED) is 0.795. The maximum Gasteiger partial charge on any atom is 0.369 e. The van der Waals surface area contributed by atoms with E-state index < -0.39 is 5.97 Å². The minimum absolute atomic E-state index is 0.193. The van der Waals surface area contributed by atoms with E-state index in [2.05, 4.69) is 10.2 Å². The van der Waals surface area contributed by atoms with Gasteiger partial charge in [0.2, 0.25) is 5.01 Å². The van der Waals surface area contributed by atoms with Crippen LogP contribution >= 0.6 is 11.3 Å². The first kappa shape index (κ1) is 12.5. The van der Waals surface area contributed by atoms with Crippen LogP contribution in [0.1, 0.15) is 22.3 Å². The topological polar surface area (TPSA) is 61.3 Å². The van der Waals surface area contributed by atoms with Crippen LogP contribution in [0, 0.1) is 6.92 Å². The Morgan fingerprint density at radius 3 is 2.67 bits per heavy atom. The van der Waals surface area contributed by atoms with Crippen molar-refractivity contribution in [3.05, 3.63) is 34.8 Å². The molecule has 18 heavy (non-hydrogen) atoms. The number of rotatable bonds is 4. The minimum atomic E-state index is -0.478. The molecule has 0 radical (unpaired) electrons. The molecule has 0 unspecified atom stereocenters. The third kappa shape index (κ3) is 3.04. The summed E-state index contributed by atoms with van der Waals surface area (Å²) in [5.41, 5.74) is 1.15. The molecule has 0 fully saturated rings. The zero-order chi connectivity index (χ0) is 13.0. The summed E-state index contributed by atoms with van der Waals surface area (Å²) in [5, 5.41) is 8.01. The molecule has 1 aromatic heterocycles. The van der Waals surface area contributed by atoms with E-state index in [1.54, 1.807) is 6.92 Å². The number of nitrogens with zero attached hydrogens (tertiary/aromatic N) is 2. The van der Waals surface area contributed by atoms with Gasteiger partial charge in [0.05, 0.1) is 6.61 Å². The second-order valence-corrected chi connectivity index (χ2v) is 4.45. The van der Waals surface area contributed by atoms with Gasteiger partial charge in [-0.05, 0) is 37.3 Å². The van der Waals surface area contributed by atoms with Gasteiger partial charge in [0.1, 0.15) is 5.75 Å². The van der Waals surface area contributed by atoms with Crippen molar-refractivity contribution in [2.45, 2.75) is 13.8 Å². The van der Waals surface area contributed by atoms with Crippen LogP contribution in [-0.2, 0) is 4.74 Å². The summed E-state index contributed by atoms with van der Waals surface area (Å²) in [4.78, 5) is 11.4.